The van der Waals surface area contributed by atoms with E-state index >= 15 is 0 Å². The van der Waals surface area contributed by atoms with Gasteiger partial charge in [-0.2, -0.15) is 0 Å². The summed E-state index contributed by atoms with van der Waals surface area (Å²) in [5.41, 5.74) is 7.27. The van der Waals surface area contributed by atoms with Crippen molar-refractivity contribution in [3.8, 4) is 0 Å². The summed E-state index contributed by atoms with van der Waals surface area (Å²) < 4.78 is 5.32. The van der Waals surface area contributed by atoms with Gasteiger partial charge >= 0.3 is 0 Å². The molecule has 4 N–H and O–H groups in total. The number of hydrogen-bond acceptors (Lipinski definition) is 4. The predicted octanol–water partition coefficient (Wildman–Crippen LogP) is 1.53. The molecule has 1 fully saturated rings. The monoisotopic (exact) mass is 298 g/mol. The van der Waals surface area contributed by atoms with Crippen LogP contribution in [0.3, 0.4) is 0 Å². The van der Waals surface area contributed by atoms with Crippen LogP contribution in [0.15, 0.2) is 24.3 Å². The lowest BCUT2D eigenvalue weighted by Crippen LogP contribution is -2.37. The Bertz CT molecular complexity index is 421. The zero-order valence-corrected chi connectivity index (χ0v) is 12.4. The topological polar surface area (TPSA) is 74.4 Å². The number of benzene rings is 1. The van der Waals surface area contributed by atoms with Crippen LogP contribution in [0, 0.1) is 5.41 Å². The molecule has 0 bridgehead atoms. The summed E-state index contributed by atoms with van der Waals surface area (Å²) in [6.07, 6.45) is 1.08. The number of halogens is 1. The fraction of sp³-hybridized carbons (Fsp3) is 0.500. The second-order valence-electron chi connectivity index (χ2n) is 4.69. The maximum atomic E-state index is 7.53. The molecular weight excluding hydrogens is 276 g/mol. The molecule has 1 aromatic carbocycles. The number of nitrogens with one attached hydrogen (secondary N) is 2. The van der Waals surface area contributed by atoms with Crippen molar-refractivity contribution in [2.24, 2.45) is 5.73 Å². The Labute approximate surface area is 126 Å². The van der Waals surface area contributed by atoms with Crippen LogP contribution in [0.25, 0.3) is 0 Å². The van der Waals surface area contributed by atoms with E-state index < -0.39 is 0 Å². The van der Waals surface area contributed by atoms with Crippen LogP contribution in [0.4, 0.5) is 5.69 Å². The van der Waals surface area contributed by atoms with Gasteiger partial charge in [0.15, 0.2) is 0 Å². The second-order valence-corrected chi connectivity index (χ2v) is 4.69. The molecule has 1 heterocycles. The van der Waals surface area contributed by atoms with Gasteiger partial charge in [0.1, 0.15) is 5.84 Å². The minimum atomic E-state index is 0. The molecule has 1 saturated heterocycles. The molecule has 2 rings (SSSR count). The van der Waals surface area contributed by atoms with E-state index in [0.29, 0.717) is 0 Å². The first-order valence-electron chi connectivity index (χ1n) is 6.75. The van der Waals surface area contributed by atoms with Crippen molar-refractivity contribution in [3.63, 3.8) is 0 Å². The molecule has 0 spiro atoms. The first-order chi connectivity index (χ1) is 9.27. The number of ether oxygens (including phenoxy) is 1. The van der Waals surface area contributed by atoms with E-state index in [9.17, 15) is 0 Å². The molecule has 5 nitrogen and oxygen atoms in total. The third-order valence-corrected chi connectivity index (χ3v) is 3.29. The molecule has 112 valence electrons. The number of hydrogen-bond donors (Lipinski definition) is 3. The van der Waals surface area contributed by atoms with Crippen molar-refractivity contribution < 1.29 is 4.74 Å². The molecule has 0 aromatic heterocycles. The van der Waals surface area contributed by atoms with Crippen molar-refractivity contribution in [1.29, 1.82) is 5.41 Å². The minimum absolute atomic E-state index is 0. The Morgan fingerprint density at radius 1 is 1.30 bits per heavy atom. The number of nitrogens with zero attached hydrogens (tertiary/aromatic N) is 1. The van der Waals surface area contributed by atoms with Gasteiger partial charge in [-0.1, -0.05) is 12.1 Å². The predicted molar refractivity (Wildman–Crippen MR) is 85.1 cm³/mol. The quantitative estimate of drug-likeness (QED) is 0.423. The van der Waals surface area contributed by atoms with E-state index in [0.717, 1.165) is 57.1 Å². The highest BCUT2D eigenvalue weighted by atomic mass is 35.5. The highest BCUT2D eigenvalue weighted by Crippen LogP contribution is 2.14. The Morgan fingerprint density at radius 3 is 2.70 bits per heavy atom. The van der Waals surface area contributed by atoms with Crippen LogP contribution in [0.2, 0.25) is 0 Å². The maximum absolute atomic E-state index is 7.53. The van der Waals surface area contributed by atoms with Crippen molar-refractivity contribution in [2.75, 3.05) is 44.7 Å². The lowest BCUT2D eigenvalue weighted by molar-refractivity contribution is 0.0378. The Kier molecular flexibility index (Phi) is 7.36. The average molecular weight is 299 g/mol. The summed E-state index contributed by atoms with van der Waals surface area (Å²) >= 11 is 0. The molecule has 0 aliphatic carbocycles. The van der Waals surface area contributed by atoms with Crippen LogP contribution in [0.5, 0.6) is 0 Å². The fourth-order valence-electron chi connectivity index (χ4n) is 2.22. The largest absolute Gasteiger partial charge is 0.384 e. The Balaban J connectivity index is 0.00000200. The molecule has 0 amide bonds. The summed E-state index contributed by atoms with van der Waals surface area (Å²) in [5, 5.41) is 10.9. The van der Waals surface area contributed by atoms with E-state index in [1.165, 1.54) is 0 Å². The minimum Gasteiger partial charge on any atom is -0.384 e. The van der Waals surface area contributed by atoms with Gasteiger partial charge in [-0.25, -0.2) is 0 Å². The number of anilines is 1. The van der Waals surface area contributed by atoms with Crippen LogP contribution >= 0.6 is 12.4 Å². The van der Waals surface area contributed by atoms with Gasteiger partial charge in [-0.3, -0.25) is 10.3 Å². The van der Waals surface area contributed by atoms with E-state index in [1.54, 1.807) is 0 Å². The maximum Gasteiger partial charge on any atom is 0.124 e. The zero-order chi connectivity index (χ0) is 13.5. The van der Waals surface area contributed by atoms with Crippen molar-refractivity contribution in [2.45, 2.75) is 6.42 Å². The molecule has 0 saturated carbocycles. The number of nitrogen functional groups attached to an aromatic ring is 1. The summed E-state index contributed by atoms with van der Waals surface area (Å²) in [7, 11) is 0. The van der Waals surface area contributed by atoms with Crippen molar-refractivity contribution in [1.82, 2.24) is 4.90 Å². The Hall–Kier alpha value is -1.30. The van der Waals surface area contributed by atoms with Gasteiger partial charge in [0.25, 0.3) is 0 Å². The van der Waals surface area contributed by atoms with Gasteiger partial charge in [0.05, 0.1) is 13.2 Å². The normalized spacial score (nSPS) is 15.4. The van der Waals surface area contributed by atoms with Crippen LogP contribution in [-0.4, -0.2) is 50.1 Å². The summed E-state index contributed by atoms with van der Waals surface area (Å²) in [6, 6.07) is 7.69. The summed E-state index contributed by atoms with van der Waals surface area (Å²) in [6.45, 7) is 5.73. The third-order valence-electron chi connectivity index (χ3n) is 3.29. The molecule has 20 heavy (non-hydrogen) atoms. The first kappa shape index (κ1) is 16.8. The molecule has 1 aromatic rings. The van der Waals surface area contributed by atoms with Crippen LogP contribution in [-0.2, 0) is 4.74 Å². The summed E-state index contributed by atoms with van der Waals surface area (Å²) in [4.78, 5) is 2.42. The molecule has 0 radical (unpaired) electrons. The molecule has 6 heteroatoms. The number of amidine groups is 1. The summed E-state index contributed by atoms with van der Waals surface area (Å²) in [5.74, 6) is 0.108. The average Bonchev–Trinajstić information content (AvgIpc) is 2.45. The van der Waals surface area contributed by atoms with Gasteiger partial charge in [0, 0.05) is 30.9 Å². The highest BCUT2D eigenvalue weighted by molar-refractivity contribution is 6.00. The lowest BCUT2D eigenvalue weighted by atomic mass is 10.1. The number of nitrogens with two attached hydrogens (primary N) is 1. The van der Waals surface area contributed by atoms with Gasteiger partial charge in [0.2, 0.25) is 0 Å². The Morgan fingerprint density at radius 2 is 2.00 bits per heavy atom. The van der Waals surface area contributed by atoms with Crippen molar-refractivity contribution in [3.05, 3.63) is 29.8 Å². The van der Waals surface area contributed by atoms with Gasteiger partial charge < -0.3 is 15.8 Å². The van der Waals surface area contributed by atoms with Crippen LogP contribution < -0.4 is 11.1 Å². The second kappa shape index (κ2) is 8.79. The zero-order valence-electron chi connectivity index (χ0n) is 11.6. The number of morpholine rings is 1. The SMILES string of the molecule is Cl.N=C(N)c1ccccc1NCCCN1CCOCC1. The fourth-order valence-corrected chi connectivity index (χ4v) is 2.22. The number of rotatable bonds is 6. The van der Waals surface area contributed by atoms with Gasteiger partial charge in [-0.05, 0) is 25.1 Å². The first-order valence-corrected chi connectivity index (χ1v) is 6.75. The van der Waals surface area contributed by atoms with E-state index in [-0.39, 0.29) is 18.2 Å². The molecular formula is C14H23ClN4O. The van der Waals surface area contributed by atoms with E-state index in [4.69, 9.17) is 15.9 Å². The van der Waals surface area contributed by atoms with Crippen LogP contribution in [0.1, 0.15) is 12.0 Å². The van der Waals surface area contributed by atoms with E-state index in [1.807, 2.05) is 24.3 Å². The van der Waals surface area contributed by atoms with Gasteiger partial charge in [-0.15, -0.1) is 12.4 Å². The smallest absolute Gasteiger partial charge is 0.124 e. The molecule has 0 unspecified atom stereocenters. The highest BCUT2D eigenvalue weighted by Gasteiger charge is 2.09. The molecule has 1 aliphatic rings. The standard InChI is InChI=1S/C14H22N4O.ClH/c15-14(16)12-4-1-2-5-13(12)17-6-3-7-18-8-10-19-11-9-18;/h1-2,4-5,17H,3,6-11H2,(H3,15,16);1H. The molecule has 1 aliphatic heterocycles. The third kappa shape index (κ3) is 5.00. The molecule has 0 atom stereocenters. The van der Waals surface area contributed by atoms with Crippen molar-refractivity contribution >= 4 is 23.9 Å². The lowest BCUT2D eigenvalue weighted by Gasteiger charge is -2.26. The van der Waals surface area contributed by atoms with E-state index in [2.05, 4.69) is 10.2 Å². The number of para-hydroxylation sites is 1.